The number of hydrogen-bond donors (Lipinski definition) is 0. The highest BCUT2D eigenvalue weighted by Gasteiger charge is 1.99. The molecule has 0 aliphatic rings. The van der Waals surface area contributed by atoms with E-state index in [-0.39, 0.29) is 0 Å². The molecule has 0 unspecified atom stereocenters. The summed E-state index contributed by atoms with van der Waals surface area (Å²) in [6.07, 6.45) is 3.42. The van der Waals surface area contributed by atoms with E-state index in [1.807, 2.05) is 13.8 Å². The molecule has 0 aromatic rings. The summed E-state index contributed by atoms with van der Waals surface area (Å²) < 4.78 is 14.8. The molecule has 3 heteroatoms. The molecule has 0 fully saturated rings. The van der Waals surface area contributed by atoms with Crippen LogP contribution in [0.1, 0.15) is 13.8 Å². The smallest absolute Gasteiger partial charge is 0.282 e. The van der Waals surface area contributed by atoms with E-state index < -0.39 is 0 Å². The molecule has 0 aliphatic carbocycles. The maximum atomic E-state index is 5.12. The Balaban J connectivity index is 4.00. The number of rotatable bonds is 4. The highest BCUT2D eigenvalue weighted by molar-refractivity contribution is 4.88. The van der Waals surface area contributed by atoms with E-state index in [1.165, 1.54) is 14.2 Å². The first-order valence-corrected chi connectivity index (χ1v) is 3.37. The van der Waals surface area contributed by atoms with Crippen LogP contribution < -0.4 is 0 Å². The minimum absolute atomic E-state index is 0.431. The molecule has 0 bridgehead atoms. The Hall–Kier alpha value is -1.12. The fourth-order valence-corrected chi connectivity index (χ4v) is 0.536. The van der Waals surface area contributed by atoms with Crippen molar-refractivity contribution in [3.8, 4) is 0 Å². The Morgan fingerprint density at radius 3 is 1.45 bits per heavy atom. The van der Waals surface area contributed by atoms with E-state index in [0.717, 1.165) is 0 Å². The van der Waals surface area contributed by atoms with Crippen molar-refractivity contribution in [2.45, 2.75) is 13.8 Å². The van der Waals surface area contributed by atoms with Gasteiger partial charge >= 0.3 is 0 Å². The number of hydrogen-bond acceptors (Lipinski definition) is 3. The molecule has 0 saturated heterocycles. The Morgan fingerprint density at radius 2 is 1.27 bits per heavy atom. The average Bonchev–Trinajstić information content (AvgIpc) is 2.07. The van der Waals surface area contributed by atoms with Crippen LogP contribution in [0.15, 0.2) is 24.0 Å². The molecule has 0 saturated carbocycles. The summed E-state index contributed by atoms with van der Waals surface area (Å²) in [7, 11) is 3.08. The van der Waals surface area contributed by atoms with Crippen LogP contribution in [-0.4, -0.2) is 14.2 Å². The monoisotopic (exact) mass is 158 g/mol. The van der Waals surface area contributed by atoms with Crippen LogP contribution in [0.4, 0.5) is 0 Å². The summed E-state index contributed by atoms with van der Waals surface area (Å²) >= 11 is 0. The van der Waals surface area contributed by atoms with E-state index in [2.05, 4.69) is 0 Å². The Labute approximate surface area is 67.3 Å². The molecule has 0 aliphatic heterocycles. The third-order valence-electron chi connectivity index (χ3n) is 1.07. The first-order valence-electron chi connectivity index (χ1n) is 3.37. The molecule has 0 N–H and O–H groups in total. The van der Waals surface area contributed by atoms with Gasteiger partial charge in [-0.25, -0.2) is 0 Å². The minimum Gasteiger partial charge on any atom is -0.469 e. The standard InChI is InChI=1S/C8H14O3/c1-5-7(9-3)11-8(6-2)10-4/h5-6H,1-4H3. The first kappa shape index (κ1) is 9.88. The molecule has 0 aromatic heterocycles. The van der Waals surface area contributed by atoms with Crippen molar-refractivity contribution in [1.29, 1.82) is 0 Å². The molecule has 64 valence electrons. The van der Waals surface area contributed by atoms with Crippen LogP contribution in [0.25, 0.3) is 0 Å². The van der Waals surface area contributed by atoms with E-state index >= 15 is 0 Å². The predicted octanol–water partition coefficient (Wildman–Crippen LogP) is 2.02. The topological polar surface area (TPSA) is 27.7 Å². The summed E-state index contributed by atoms with van der Waals surface area (Å²) in [4.78, 5) is 0. The van der Waals surface area contributed by atoms with Crippen molar-refractivity contribution in [2.75, 3.05) is 14.2 Å². The van der Waals surface area contributed by atoms with Crippen molar-refractivity contribution < 1.29 is 14.2 Å². The van der Waals surface area contributed by atoms with Crippen LogP contribution in [0.3, 0.4) is 0 Å². The van der Waals surface area contributed by atoms with E-state index in [9.17, 15) is 0 Å². The van der Waals surface area contributed by atoms with Gasteiger partial charge in [0.25, 0.3) is 11.9 Å². The zero-order valence-electron chi connectivity index (χ0n) is 7.38. The van der Waals surface area contributed by atoms with Gasteiger partial charge in [-0.05, 0) is 26.0 Å². The lowest BCUT2D eigenvalue weighted by molar-refractivity contribution is 0.0255. The molecular formula is C8H14O3. The molecule has 0 radical (unpaired) electrons. The first-order chi connectivity index (χ1) is 5.28. The van der Waals surface area contributed by atoms with Gasteiger partial charge in [-0.3, -0.25) is 0 Å². The number of allylic oxidation sites excluding steroid dienone is 2. The van der Waals surface area contributed by atoms with Gasteiger partial charge in [0.15, 0.2) is 0 Å². The summed E-state index contributed by atoms with van der Waals surface area (Å²) in [5.74, 6) is 0.861. The molecule has 0 rings (SSSR count). The van der Waals surface area contributed by atoms with Gasteiger partial charge in [-0.2, -0.15) is 0 Å². The molecule has 0 spiro atoms. The zero-order valence-corrected chi connectivity index (χ0v) is 7.38. The third-order valence-corrected chi connectivity index (χ3v) is 1.07. The Morgan fingerprint density at radius 1 is 0.909 bits per heavy atom. The molecular weight excluding hydrogens is 144 g/mol. The summed E-state index contributed by atoms with van der Waals surface area (Å²) in [5, 5.41) is 0. The van der Waals surface area contributed by atoms with Crippen LogP contribution in [0.2, 0.25) is 0 Å². The van der Waals surface area contributed by atoms with Crippen molar-refractivity contribution in [1.82, 2.24) is 0 Å². The predicted molar refractivity (Wildman–Crippen MR) is 42.6 cm³/mol. The van der Waals surface area contributed by atoms with Gasteiger partial charge in [-0.1, -0.05) is 0 Å². The normalized spacial score (nSPS) is 12.7. The van der Waals surface area contributed by atoms with Gasteiger partial charge in [0.1, 0.15) is 0 Å². The average molecular weight is 158 g/mol. The molecule has 0 aromatic carbocycles. The van der Waals surface area contributed by atoms with Gasteiger partial charge in [-0.15, -0.1) is 0 Å². The number of ether oxygens (including phenoxy) is 3. The van der Waals surface area contributed by atoms with E-state index in [0.29, 0.717) is 11.9 Å². The lowest BCUT2D eigenvalue weighted by atomic mass is 10.6. The summed E-state index contributed by atoms with van der Waals surface area (Å²) in [6, 6.07) is 0. The van der Waals surface area contributed by atoms with Gasteiger partial charge < -0.3 is 14.2 Å². The van der Waals surface area contributed by atoms with Gasteiger partial charge in [0.05, 0.1) is 14.2 Å². The van der Waals surface area contributed by atoms with Gasteiger partial charge in [0.2, 0.25) is 0 Å². The second kappa shape index (κ2) is 5.65. The highest BCUT2D eigenvalue weighted by atomic mass is 16.7. The second-order valence-corrected chi connectivity index (χ2v) is 1.73. The fourth-order valence-electron chi connectivity index (χ4n) is 0.536. The number of methoxy groups -OCH3 is 2. The van der Waals surface area contributed by atoms with E-state index in [1.54, 1.807) is 12.2 Å². The highest BCUT2D eigenvalue weighted by Crippen LogP contribution is 2.06. The quantitative estimate of drug-likeness (QED) is 0.586. The van der Waals surface area contributed by atoms with Crippen LogP contribution in [0, 0.1) is 0 Å². The molecule has 0 heterocycles. The Bertz CT molecular complexity index is 141. The summed E-state index contributed by atoms with van der Waals surface area (Å²) in [5.41, 5.74) is 0. The lowest BCUT2D eigenvalue weighted by Crippen LogP contribution is -1.96. The van der Waals surface area contributed by atoms with Crippen LogP contribution in [0.5, 0.6) is 0 Å². The fraction of sp³-hybridized carbons (Fsp3) is 0.500. The molecule has 3 nitrogen and oxygen atoms in total. The van der Waals surface area contributed by atoms with Crippen molar-refractivity contribution in [2.24, 2.45) is 0 Å². The maximum Gasteiger partial charge on any atom is 0.282 e. The maximum absolute atomic E-state index is 5.12. The molecule has 11 heavy (non-hydrogen) atoms. The van der Waals surface area contributed by atoms with Crippen LogP contribution in [-0.2, 0) is 14.2 Å². The van der Waals surface area contributed by atoms with Crippen molar-refractivity contribution >= 4 is 0 Å². The third kappa shape index (κ3) is 3.55. The second-order valence-electron chi connectivity index (χ2n) is 1.73. The Kier molecular flexibility index (Phi) is 5.07. The minimum atomic E-state index is 0.431. The molecule has 0 atom stereocenters. The van der Waals surface area contributed by atoms with Gasteiger partial charge in [0, 0.05) is 0 Å². The molecule has 0 amide bonds. The van der Waals surface area contributed by atoms with Crippen molar-refractivity contribution in [3.05, 3.63) is 24.0 Å². The SMILES string of the molecule is CC=C(OC)OC(=CC)OC. The zero-order chi connectivity index (χ0) is 8.69. The van der Waals surface area contributed by atoms with E-state index in [4.69, 9.17) is 14.2 Å². The lowest BCUT2D eigenvalue weighted by Gasteiger charge is -2.08. The largest absolute Gasteiger partial charge is 0.469 e. The van der Waals surface area contributed by atoms with Crippen molar-refractivity contribution in [3.63, 3.8) is 0 Å². The summed E-state index contributed by atoms with van der Waals surface area (Å²) in [6.45, 7) is 3.64. The van der Waals surface area contributed by atoms with Crippen LogP contribution >= 0.6 is 0 Å².